The second kappa shape index (κ2) is 9.41. The van der Waals surface area contributed by atoms with Crippen LogP contribution in [0.1, 0.15) is 16.9 Å². The lowest BCUT2D eigenvalue weighted by atomic mass is 10.2. The molecule has 1 N–H and O–H groups in total. The Morgan fingerprint density at radius 3 is 2.65 bits per heavy atom. The minimum Gasteiger partial charge on any atom is -0.469 e. The molecule has 0 aliphatic rings. The van der Waals surface area contributed by atoms with E-state index in [0.717, 1.165) is 22.5 Å². The van der Waals surface area contributed by atoms with E-state index in [0.29, 0.717) is 28.2 Å². The van der Waals surface area contributed by atoms with E-state index in [9.17, 15) is 4.79 Å². The van der Waals surface area contributed by atoms with Crippen molar-refractivity contribution in [2.75, 3.05) is 11.1 Å². The van der Waals surface area contributed by atoms with E-state index >= 15 is 0 Å². The van der Waals surface area contributed by atoms with Crippen molar-refractivity contribution >= 4 is 35.0 Å². The van der Waals surface area contributed by atoms with Gasteiger partial charge in [0.25, 0.3) is 0 Å². The van der Waals surface area contributed by atoms with Gasteiger partial charge in [0.1, 0.15) is 5.76 Å². The second-order valence-electron chi connectivity index (χ2n) is 7.02. The maximum absolute atomic E-state index is 12.6. The third-order valence-corrected chi connectivity index (χ3v) is 6.25. The molecule has 0 aliphatic heterocycles. The lowest BCUT2D eigenvalue weighted by molar-refractivity contribution is -0.113. The lowest BCUT2D eigenvalue weighted by Gasteiger charge is -2.11. The van der Waals surface area contributed by atoms with Crippen molar-refractivity contribution in [2.45, 2.75) is 25.5 Å². The molecule has 0 saturated carbocycles. The molecule has 0 saturated heterocycles. The van der Waals surface area contributed by atoms with Gasteiger partial charge in [-0.1, -0.05) is 59.8 Å². The predicted molar refractivity (Wildman–Crippen MR) is 124 cm³/mol. The van der Waals surface area contributed by atoms with Crippen molar-refractivity contribution in [1.29, 1.82) is 0 Å². The van der Waals surface area contributed by atoms with E-state index in [1.165, 1.54) is 11.8 Å². The number of hydrogen-bond donors (Lipinski definition) is 1. The summed E-state index contributed by atoms with van der Waals surface area (Å²) in [6.45, 7) is 4.36. The Hall–Kier alpha value is -3.03. The largest absolute Gasteiger partial charge is 0.469 e. The minimum atomic E-state index is -0.134. The van der Waals surface area contributed by atoms with Crippen LogP contribution >= 0.6 is 23.4 Å². The molecule has 0 unspecified atom stereocenters. The van der Waals surface area contributed by atoms with Gasteiger partial charge < -0.3 is 9.73 Å². The van der Waals surface area contributed by atoms with Crippen LogP contribution < -0.4 is 5.32 Å². The van der Waals surface area contributed by atoms with Crippen molar-refractivity contribution in [3.05, 3.63) is 82.8 Å². The summed E-state index contributed by atoms with van der Waals surface area (Å²) < 4.78 is 7.47. The van der Waals surface area contributed by atoms with Crippen molar-refractivity contribution in [2.24, 2.45) is 0 Å². The number of amides is 1. The van der Waals surface area contributed by atoms with Gasteiger partial charge in [-0.25, -0.2) is 0 Å². The SMILES string of the molecule is Cc1occc1-c1nnc(SCC(=O)Nc2cccc(Cl)c2C)n1Cc1ccccc1. The van der Waals surface area contributed by atoms with Crippen LogP contribution in [0, 0.1) is 13.8 Å². The first kappa shape index (κ1) is 21.2. The van der Waals surface area contributed by atoms with E-state index in [1.54, 1.807) is 12.3 Å². The number of aryl methyl sites for hydroxylation is 1. The molecule has 6 nitrogen and oxygen atoms in total. The average Bonchev–Trinajstić information content (AvgIpc) is 3.36. The highest BCUT2D eigenvalue weighted by molar-refractivity contribution is 7.99. The summed E-state index contributed by atoms with van der Waals surface area (Å²) in [7, 11) is 0. The van der Waals surface area contributed by atoms with E-state index in [1.807, 2.05) is 54.8 Å². The molecule has 0 bridgehead atoms. The van der Waals surface area contributed by atoms with Crippen LogP contribution in [0.3, 0.4) is 0 Å². The summed E-state index contributed by atoms with van der Waals surface area (Å²) in [5.41, 5.74) is 3.55. The number of nitrogens with zero attached hydrogens (tertiary/aromatic N) is 3. The van der Waals surface area contributed by atoms with E-state index < -0.39 is 0 Å². The highest BCUT2D eigenvalue weighted by Gasteiger charge is 2.19. The number of carbonyl (C=O) groups is 1. The molecule has 2 heterocycles. The van der Waals surface area contributed by atoms with Gasteiger partial charge in [0.05, 0.1) is 24.1 Å². The summed E-state index contributed by atoms with van der Waals surface area (Å²) in [6, 6.07) is 17.4. The van der Waals surface area contributed by atoms with E-state index in [2.05, 4.69) is 27.6 Å². The summed E-state index contributed by atoms with van der Waals surface area (Å²) in [6.07, 6.45) is 1.64. The number of anilines is 1. The number of furan rings is 1. The van der Waals surface area contributed by atoms with Gasteiger partial charge in [0, 0.05) is 10.7 Å². The number of nitrogens with one attached hydrogen (secondary N) is 1. The maximum atomic E-state index is 12.6. The number of benzene rings is 2. The normalized spacial score (nSPS) is 10.9. The first-order valence-corrected chi connectivity index (χ1v) is 11.1. The predicted octanol–water partition coefficient (Wildman–Crippen LogP) is 5.59. The van der Waals surface area contributed by atoms with Crippen LogP contribution in [-0.4, -0.2) is 26.4 Å². The molecule has 2 aromatic heterocycles. The smallest absolute Gasteiger partial charge is 0.234 e. The molecule has 4 aromatic rings. The van der Waals surface area contributed by atoms with Gasteiger partial charge in [-0.15, -0.1) is 10.2 Å². The molecule has 0 fully saturated rings. The highest BCUT2D eigenvalue weighted by Crippen LogP contribution is 2.28. The molecule has 4 rings (SSSR count). The summed E-state index contributed by atoms with van der Waals surface area (Å²) >= 11 is 7.49. The maximum Gasteiger partial charge on any atom is 0.234 e. The molecule has 0 spiro atoms. The van der Waals surface area contributed by atoms with Crippen LogP contribution in [0.5, 0.6) is 0 Å². The molecular weight excluding hydrogens is 432 g/mol. The van der Waals surface area contributed by atoms with Crippen LogP contribution in [-0.2, 0) is 11.3 Å². The van der Waals surface area contributed by atoms with E-state index in [-0.39, 0.29) is 11.7 Å². The van der Waals surface area contributed by atoms with Crippen LogP contribution in [0.4, 0.5) is 5.69 Å². The number of aromatic nitrogens is 3. The Kier molecular flexibility index (Phi) is 6.44. The molecule has 2 aromatic carbocycles. The molecule has 1 amide bonds. The lowest BCUT2D eigenvalue weighted by Crippen LogP contribution is -2.15. The number of thioether (sulfide) groups is 1. The number of hydrogen-bond acceptors (Lipinski definition) is 5. The molecule has 158 valence electrons. The van der Waals surface area contributed by atoms with Crippen LogP contribution in [0.25, 0.3) is 11.4 Å². The third kappa shape index (κ3) is 4.84. The zero-order valence-electron chi connectivity index (χ0n) is 17.1. The number of carbonyl (C=O) groups excluding carboxylic acids is 1. The Bertz CT molecular complexity index is 1200. The molecule has 8 heteroatoms. The standard InChI is InChI=1S/C23H21ClN4O2S/c1-15-19(24)9-6-10-20(15)25-21(29)14-31-23-27-26-22(18-11-12-30-16(18)2)28(23)13-17-7-4-3-5-8-17/h3-12H,13-14H2,1-2H3,(H,25,29). The Morgan fingerprint density at radius 2 is 1.90 bits per heavy atom. The van der Waals surface area contributed by atoms with Gasteiger partial charge in [-0.3, -0.25) is 9.36 Å². The Labute approximate surface area is 189 Å². The monoisotopic (exact) mass is 452 g/mol. The first-order valence-electron chi connectivity index (χ1n) is 9.72. The summed E-state index contributed by atoms with van der Waals surface area (Å²) in [4.78, 5) is 12.6. The summed E-state index contributed by atoms with van der Waals surface area (Å²) in [5.74, 6) is 1.55. The highest BCUT2D eigenvalue weighted by atomic mass is 35.5. The van der Waals surface area contributed by atoms with Gasteiger partial charge in [0.15, 0.2) is 11.0 Å². The molecule has 0 aliphatic carbocycles. The van der Waals surface area contributed by atoms with Gasteiger partial charge in [-0.05, 0) is 43.2 Å². The molecule has 0 atom stereocenters. The summed E-state index contributed by atoms with van der Waals surface area (Å²) in [5, 5.41) is 12.9. The quantitative estimate of drug-likeness (QED) is 0.370. The van der Waals surface area contributed by atoms with Crippen LogP contribution in [0.15, 0.2) is 70.4 Å². The Balaban J connectivity index is 1.55. The number of rotatable bonds is 7. The van der Waals surface area contributed by atoms with Crippen LogP contribution in [0.2, 0.25) is 5.02 Å². The van der Waals surface area contributed by atoms with E-state index in [4.69, 9.17) is 16.0 Å². The first-order chi connectivity index (χ1) is 15.0. The fourth-order valence-electron chi connectivity index (χ4n) is 3.18. The van der Waals surface area contributed by atoms with Gasteiger partial charge in [-0.2, -0.15) is 0 Å². The number of halogens is 1. The Morgan fingerprint density at radius 1 is 1.10 bits per heavy atom. The van der Waals surface area contributed by atoms with Crippen molar-refractivity contribution in [1.82, 2.24) is 14.8 Å². The molecule has 0 radical (unpaired) electrons. The van der Waals surface area contributed by atoms with Crippen molar-refractivity contribution < 1.29 is 9.21 Å². The second-order valence-corrected chi connectivity index (χ2v) is 8.37. The molecule has 31 heavy (non-hydrogen) atoms. The fraction of sp³-hybridized carbons (Fsp3) is 0.174. The minimum absolute atomic E-state index is 0.134. The topological polar surface area (TPSA) is 72.9 Å². The third-order valence-electron chi connectivity index (χ3n) is 4.87. The zero-order chi connectivity index (χ0) is 21.8. The van der Waals surface area contributed by atoms with Crippen molar-refractivity contribution in [3.63, 3.8) is 0 Å². The average molecular weight is 453 g/mol. The molecular formula is C23H21ClN4O2S. The van der Waals surface area contributed by atoms with Crippen molar-refractivity contribution in [3.8, 4) is 11.4 Å². The fourth-order valence-corrected chi connectivity index (χ4v) is 4.09. The van der Waals surface area contributed by atoms with Gasteiger partial charge in [0.2, 0.25) is 5.91 Å². The van der Waals surface area contributed by atoms with Gasteiger partial charge >= 0.3 is 0 Å². The zero-order valence-corrected chi connectivity index (χ0v) is 18.7.